The fourth-order valence-electron chi connectivity index (χ4n) is 14.3. The summed E-state index contributed by atoms with van der Waals surface area (Å²) in [7, 11) is 0. The van der Waals surface area contributed by atoms with E-state index in [4.69, 9.17) is 90.0 Å². The molecule has 4 aliphatic rings. The van der Waals surface area contributed by atoms with Crippen molar-refractivity contribution in [1.29, 1.82) is 0 Å². The Morgan fingerprint density at radius 3 is 0.731 bits per heavy atom. The minimum absolute atomic E-state index is 0.0263. The number of amides is 8. The molecule has 0 aromatic rings. The topological polar surface area (TPSA) is 611 Å². The van der Waals surface area contributed by atoms with E-state index in [-0.39, 0.29) is 168 Å². The molecule has 8 amide bonds. The van der Waals surface area contributed by atoms with Gasteiger partial charge in [0.25, 0.3) is 0 Å². The smallest absolute Gasteiger partial charge is 0.303 e. The summed E-state index contributed by atoms with van der Waals surface area (Å²) in [6.45, 7) is 14.4. The van der Waals surface area contributed by atoms with E-state index < -0.39 is 250 Å². The normalized spacial score (nSPS) is 25.0. The third-order valence-electron chi connectivity index (χ3n) is 19.5. The molecule has 4 saturated heterocycles. The van der Waals surface area contributed by atoms with E-state index >= 15 is 0 Å². The van der Waals surface area contributed by atoms with Gasteiger partial charge in [-0.2, -0.15) is 0 Å². The molecule has 0 aromatic carbocycles. The Labute approximate surface area is 752 Å². The van der Waals surface area contributed by atoms with Crippen LogP contribution in [-0.4, -0.2) is 356 Å². The van der Waals surface area contributed by atoms with Crippen LogP contribution in [0.3, 0.4) is 0 Å². The number of hydrogen-bond acceptors (Lipinski definition) is 40. The summed E-state index contributed by atoms with van der Waals surface area (Å²) in [5, 5.41) is 29.6. The number of hydrogen-bond donors (Lipinski definition) is 8. The lowest BCUT2D eigenvalue weighted by Gasteiger charge is -2.44. The standard InChI is InChI=1S/C82H129N9O39/c1-44(93)86-67-75(123-55(12)104)71(119-51(8)100)59(40-92)127-79(67)112-36-20-16-24-63(108)84-30-34-90(65(110)26-18-22-38-114-81-69(88-46(3)95)77(125-57(14)106)73(121-53(10)102)61(129-81)42-117-49(6)98)32-28-83-29-33-91(66(111)27-19-23-39-115-82-70(89-47(4)96)78(126-58(15)107)74(122-54(11)103)62(130-82)43-118-50(7)99)35-31-85-64(109)25-17-21-37-113-80-68(87-45(2)94)76(124-56(13)105)72(120-52(9)101)60(128-80)41-116-48(5)97/h59-62,67-83,92H,16-43H2,1-15H3,(H,84,108)(H,85,109)(H,86,93)(H,87,94)(H,88,95)(H,89,96)/t59?,60?,61?,62?,67?,68?,69?,70?,71-,72-,73-,74-,75?,76?,77?,78?,79+,80+,81+,82+/m0/s1. The highest BCUT2D eigenvalue weighted by Gasteiger charge is 2.56. The van der Waals surface area contributed by atoms with Gasteiger partial charge in [-0.25, -0.2) is 0 Å². The van der Waals surface area contributed by atoms with Gasteiger partial charge in [0.2, 0.25) is 47.3 Å². The molecule has 0 bridgehead atoms. The van der Waals surface area contributed by atoms with Crippen LogP contribution in [0.4, 0.5) is 0 Å². The Balaban J connectivity index is 1.55. The summed E-state index contributed by atoms with van der Waals surface area (Å²) in [5.74, 6) is -12.6. The van der Waals surface area contributed by atoms with Gasteiger partial charge in [0.1, 0.15) is 68.4 Å². The van der Waals surface area contributed by atoms with Crippen LogP contribution in [-0.2, 0) is 181 Å². The lowest BCUT2D eigenvalue weighted by atomic mass is 9.96. The second-order valence-electron chi connectivity index (χ2n) is 30.8. The van der Waals surface area contributed by atoms with Gasteiger partial charge in [-0.3, -0.25) is 91.1 Å². The molecule has 0 radical (unpaired) electrons. The van der Waals surface area contributed by atoms with E-state index in [9.17, 15) is 96.2 Å². The third kappa shape index (κ3) is 42.2. The fraction of sp³-hybridized carbons (Fsp3) is 0.768. The van der Waals surface area contributed by atoms with Crippen molar-refractivity contribution in [3.8, 4) is 0 Å². The third-order valence-corrected chi connectivity index (χ3v) is 19.5. The number of aliphatic hydroxyl groups is 1. The predicted octanol–water partition coefficient (Wildman–Crippen LogP) is -2.73. The van der Waals surface area contributed by atoms with Crippen LogP contribution in [0.1, 0.15) is 181 Å². The van der Waals surface area contributed by atoms with Crippen molar-refractivity contribution in [2.75, 3.05) is 105 Å². The minimum Gasteiger partial charge on any atom is -0.463 e. The lowest BCUT2D eigenvalue weighted by molar-refractivity contribution is -0.277. The van der Waals surface area contributed by atoms with Gasteiger partial charge in [-0.05, 0) is 51.4 Å². The predicted molar refractivity (Wildman–Crippen MR) is 438 cm³/mol. The summed E-state index contributed by atoms with van der Waals surface area (Å²) in [4.78, 5) is 243. The van der Waals surface area contributed by atoms with Crippen LogP contribution in [0.5, 0.6) is 0 Å². The number of esters is 11. The maximum absolute atomic E-state index is 14.4. The number of aliphatic hydroxyl groups excluding tert-OH is 1. The zero-order chi connectivity index (χ0) is 96.9. The monoisotopic (exact) mass is 1860 g/mol. The number of carbonyl (C=O) groups excluding carboxylic acids is 19. The molecule has 4 fully saturated rings. The summed E-state index contributed by atoms with van der Waals surface area (Å²) in [5.41, 5.74) is 0. The zero-order valence-corrected chi connectivity index (χ0v) is 76.2. The first-order chi connectivity index (χ1) is 61.5. The molecule has 4 rings (SSSR count). The van der Waals surface area contributed by atoms with Crippen molar-refractivity contribution in [2.24, 2.45) is 0 Å². The van der Waals surface area contributed by atoms with E-state index in [2.05, 4.69) is 37.2 Å². The minimum atomic E-state index is -1.40. The van der Waals surface area contributed by atoms with Gasteiger partial charge in [0.15, 0.2) is 74.0 Å². The average Bonchev–Trinajstić information content (AvgIpc) is 0.801. The molecule has 4 aliphatic heterocycles. The highest BCUT2D eigenvalue weighted by Crippen LogP contribution is 2.33. The van der Waals surface area contributed by atoms with Crippen LogP contribution in [0, 0.1) is 0 Å². The fourth-order valence-corrected chi connectivity index (χ4v) is 14.3. The molecule has 0 aromatic heterocycles. The number of unbranched alkanes of at least 4 members (excludes halogenated alkanes) is 4. The first kappa shape index (κ1) is 112. The van der Waals surface area contributed by atoms with Crippen LogP contribution in [0.15, 0.2) is 0 Å². The summed E-state index contributed by atoms with van der Waals surface area (Å²) in [6, 6.07) is -4.98. The maximum atomic E-state index is 14.4. The van der Waals surface area contributed by atoms with E-state index in [1.165, 1.54) is 37.5 Å². The Morgan fingerprint density at radius 2 is 0.500 bits per heavy atom. The van der Waals surface area contributed by atoms with E-state index in [1.807, 2.05) is 0 Å². The van der Waals surface area contributed by atoms with Crippen LogP contribution in [0.25, 0.3) is 0 Å². The van der Waals surface area contributed by atoms with Gasteiger partial charge in [0, 0.05) is 208 Å². The van der Waals surface area contributed by atoms with E-state index in [0.29, 0.717) is 0 Å². The second-order valence-corrected chi connectivity index (χ2v) is 30.8. The van der Waals surface area contributed by atoms with E-state index in [1.54, 1.807) is 0 Å². The van der Waals surface area contributed by atoms with Gasteiger partial charge in [0.05, 0.1) is 6.61 Å². The molecule has 0 spiro atoms. The molecule has 48 nitrogen and oxygen atoms in total. The summed E-state index contributed by atoms with van der Waals surface area (Å²) >= 11 is 0. The van der Waals surface area contributed by atoms with Crippen LogP contribution >= 0.6 is 0 Å². The SMILES string of the molecule is CC(=O)NC1C(OC(C)=O)[C@@H](OC(C)=O)C(CO)O[C@H]1OCCCCC(=O)NCCN(CCNCCN(CCNC(=O)CCCCO[C@@H]1OC(COC(C)=O)[C@H](OC(C)=O)C(OC(C)=O)C1NC(C)=O)C(=O)CCCCO[C@@H]1OC(COC(C)=O)[C@H](OC(C)=O)C(OC(C)=O)C1NC(C)=O)C(=O)CCCCO[C@@H]1OC(COC(C)=O)[C@H](OC(C)=O)C(OC(C)=O)C1NC(C)=O. The van der Waals surface area contributed by atoms with Crippen molar-refractivity contribution in [3.05, 3.63) is 0 Å². The highest BCUT2D eigenvalue weighted by molar-refractivity contribution is 5.80. The molecule has 48 heteroatoms. The lowest BCUT2D eigenvalue weighted by Crippen LogP contribution is -2.66. The molecule has 0 saturated carbocycles. The van der Waals surface area contributed by atoms with Crippen molar-refractivity contribution < 1.29 is 186 Å². The number of rotatable bonds is 55. The second kappa shape index (κ2) is 59.0. The number of nitrogens with one attached hydrogen (secondary N) is 7. The highest BCUT2D eigenvalue weighted by atomic mass is 16.7. The van der Waals surface area contributed by atoms with Crippen LogP contribution in [0.2, 0.25) is 0 Å². The average molecular weight is 1860 g/mol. The molecule has 736 valence electrons. The number of carbonyl (C=O) groups is 19. The molecular formula is C82H129N9O39. The van der Waals surface area contributed by atoms with Crippen molar-refractivity contribution in [1.82, 2.24) is 47.0 Å². The summed E-state index contributed by atoms with van der Waals surface area (Å²) < 4.78 is 108. The van der Waals surface area contributed by atoms with Crippen molar-refractivity contribution in [2.45, 2.75) is 303 Å². The Bertz CT molecular complexity index is 3760. The largest absolute Gasteiger partial charge is 0.463 e. The molecule has 4 heterocycles. The number of nitrogens with zero attached hydrogens (tertiary/aromatic N) is 2. The Hall–Kier alpha value is -10.5. The molecule has 130 heavy (non-hydrogen) atoms. The van der Waals surface area contributed by atoms with Gasteiger partial charge >= 0.3 is 65.7 Å². The van der Waals surface area contributed by atoms with Gasteiger partial charge in [-0.15, -0.1) is 0 Å². The number of ether oxygens (including phenoxy) is 19. The van der Waals surface area contributed by atoms with Gasteiger partial charge < -0.3 is 142 Å². The first-order valence-corrected chi connectivity index (χ1v) is 42.8. The quantitative estimate of drug-likeness (QED) is 0.0174. The molecule has 20 atom stereocenters. The maximum Gasteiger partial charge on any atom is 0.303 e. The molecule has 12 unspecified atom stereocenters. The Morgan fingerprint density at radius 1 is 0.277 bits per heavy atom. The van der Waals surface area contributed by atoms with Gasteiger partial charge in [-0.1, -0.05) is 0 Å². The van der Waals surface area contributed by atoms with Crippen LogP contribution < -0.4 is 37.2 Å². The summed E-state index contributed by atoms with van der Waals surface area (Å²) in [6.07, 6.45) is -20.1. The molecule has 8 N–H and O–H groups in total. The first-order valence-electron chi connectivity index (χ1n) is 42.8. The zero-order valence-electron chi connectivity index (χ0n) is 76.2. The van der Waals surface area contributed by atoms with Crippen molar-refractivity contribution in [3.63, 3.8) is 0 Å². The molecule has 0 aliphatic carbocycles. The van der Waals surface area contributed by atoms with Crippen molar-refractivity contribution >= 4 is 113 Å². The van der Waals surface area contributed by atoms with E-state index in [0.717, 1.165) is 76.2 Å². The molecular weight excluding hydrogens is 1730 g/mol. The Kier molecular flexibility index (Phi) is 50.8.